The van der Waals surface area contributed by atoms with Crippen LogP contribution in [0.15, 0.2) is 35.6 Å². The zero-order valence-corrected chi connectivity index (χ0v) is 18.9. The van der Waals surface area contributed by atoms with Crippen molar-refractivity contribution in [2.75, 3.05) is 23.1 Å². The Labute approximate surface area is 190 Å². The molecule has 3 N–H and O–H groups in total. The van der Waals surface area contributed by atoms with Crippen LogP contribution in [0.5, 0.6) is 0 Å². The lowest BCUT2D eigenvalue weighted by Gasteiger charge is -2.24. The Balaban J connectivity index is 0.000000287. The fraction of sp³-hybridized carbons (Fsp3) is 0.524. The van der Waals surface area contributed by atoms with E-state index in [0.29, 0.717) is 34.0 Å². The van der Waals surface area contributed by atoms with Crippen LogP contribution < -0.4 is 15.4 Å². The minimum atomic E-state index is -2.46. The summed E-state index contributed by atoms with van der Waals surface area (Å²) in [5.41, 5.74) is 0.669. The third-order valence-corrected chi connectivity index (χ3v) is 6.52. The number of hydrogen-bond donors (Lipinski definition) is 3. The van der Waals surface area contributed by atoms with Gasteiger partial charge in [-0.2, -0.15) is 0 Å². The highest BCUT2D eigenvalue weighted by atomic mass is 35.5. The minimum absolute atomic E-state index is 0.145. The van der Waals surface area contributed by atoms with Crippen LogP contribution >= 0.6 is 23.5 Å². The maximum atomic E-state index is 14.3. The average Bonchev–Trinajstić information content (AvgIpc) is 3.07. The van der Waals surface area contributed by atoms with Gasteiger partial charge in [0.15, 0.2) is 0 Å². The van der Waals surface area contributed by atoms with Crippen molar-refractivity contribution < 1.29 is 13.2 Å². The second-order valence-electron chi connectivity index (χ2n) is 7.83. The average molecular weight is 474 g/mol. The summed E-state index contributed by atoms with van der Waals surface area (Å²) in [5, 5.41) is 6.51. The third kappa shape index (κ3) is 7.15. The van der Waals surface area contributed by atoms with Gasteiger partial charge in [0.2, 0.25) is 0 Å². The van der Waals surface area contributed by atoms with Crippen molar-refractivity contribution >= 4 is 35.1 Å². The molecule has 1 aliphatic heterocycles. The highest BCUT2D eigenvalue weighted by Gasteiger charge is 2.40. The molecule has 1 saturated heterocycles. The summed E-state index contributed by atoms with van der Waals surface area (Å²) in [5.74, 6) is -2.63. The van der Waals surface area contributed by atoms with Crippen LogP contribution in [0.25, 0.3) is 0 Å². The van der Waals surface area contributed by atoms with Crippen LogP contribution in [0.2, 0.25) is 5.02 Å². The Hall–Kier alpha value is -1.71. The molecule has 2 aliphatic rings. The molecule has 2 heterocycles. The number of halogens is 4. The SMILES string of the molecule is CC1CNCC1(F)F.Fc1cc(NC2CCCCC2)c(Cl)cc1SNc1ccncn1. The van der Waals surface area contributed by atoms with Gasteiger partial charge in [0, 0.05) is 24.7 Å². The molecule has 2 aromatic rings. The molecule has 0 spiro atoms. The largest absolute Gasteiger partial charge is 0.381 e. The lowest BCUT2D eigenvalue weighted by atomic mass is 9.95. The van der Waals surface area contributed by atoms with E-state index in [9.17, 15) is 13.2 Å². The molecule has 5 nitrogen and oxygen atoms in total. The summed E-state index contributed by atoms with van der Waals surface area (Å²) in [6, 6.07) is 5.21. The molecule has 0 radical (unpaired) electrons. The van der Waals surface area contributed by atoms with E-state index in [1.165, 1.54) is 31.7 Å². The van der Waals surface area contributed by atoms with E-state index >= 15 is 0 Å². The number of anilines is 2. The van der Waals surface area contributed by atoms with E-state index in [2.05, 4.69) is 25.3 Å². The predicted molar refractivity (Wildman–Crippen MR) is 120 cm³/mol. The van der Waals surface area contributed by atoms with E-state index in [1.807, 2.05) is 0 Å². The van der Waals surface area contributed by atoms with Gasteiger partial charge in [0.1, 0.15) is 18.0 Å². The molecular formula is C21H27ClF3N5S. The molecule has 1 aliphatic carbocycles. The molecule has 170 valence electrons. The number of hydrogen-bond acceptors (Lipinski definition) is 6. The van der Waals surface area contributed by atoms with Gasteiger partial charge in [-0.15, -0.1) is 0 Å². The topological polar surface area (TPSA) is 61.9 Å². The number of nitrogens with one attached hydrogen (secondary N) is 3. The van der Waals surface area contributed by atoms with Crippen LogP contribution in [-0.4, -0.2) is 35.0 Å². The van der Waals surface area contributed by atoms with E-state index in [1.54, 1.807) is 25.3 Å². The van der Waals surface area contributed by atoms with E-state index < -0.39 is 11.8 Å². The Kier molecular flexibility index (Phi) is 8.68. The first-order valence-corrected chi connectivity index (χ1v) is 11.6. The number of alkyl halides is 2. The van der Waals surface area contributed by atoms with Crippen LogP contribution in [-0.2, 0) is 0 Å². The fourth-order valence-corrected chi connectivity index (χ4v) is 4.37. The molecule has 1 aromatic heterocycles. The Morgan fingerprint density at radius 3 is 2.58 bits per heavy atom. The van der Waals surface area contributed by atoms with Gasteiger partial charge in [0.25, 0.3) is 5.92 Å². The van der Waals surface area contributed by atoms with Gasteiger partial charge in [-0.25, -0.2) is 23.1 Å². The monoisotopic (exact) mass is 473 g/mol. The normalized spacial score (nSPS) is 20.6. The first kappa shape index (κ1) is 23.9. The third-order valence-electron chi connectivity index (χ3n) is 5.37. The second kappa shape index (κ2) is 11.2. The molecule has 10 heteroatoms. The Morgan fingerprint density at radius 1 is 1.23 bits per heavy atom. The van der Waals surface area contributed by atoms with Gasteiger partial charge < -0.3 is 15.4 Å². The lowest BCUT2D eigenvalue weighted by Crippen LogP contribution is -2.24. The molecule has 1 unspecified atom stereocenters. The Bertz CT molecular complexity index is 837. The molecule has 4 rings (SSSR count). The number of rotatable bonds is 5. The molecule has 2 fully saturated rings. The summed E-state index contributed by atoms with van der Waals surface area (Å²) in [7, 11) is 0. The number of benzene rings is 1. The van der Waals surface area contributed by atoms with Crippen molar-refractivity contribution in [2.24, 2.45) is 5.92 Å². The molecule has 1 aromatic carbocycles. The maximum absolute atomic E-state index is 14.3. The van der Waals surface area contributed by atoms with Crippen LogP contribution in [0.4, 0.5) is 24.7 Å². The smallest absolute Gasteiger partial charge is 0.264 e. The number of nitrogens with zero attached hydrogens (tertiary/aromatic N) is 2. The van der Waals surface area contributed by atoms with Gasteiger partial charge in [-0.1, -0.05) is 37.8 Å². The summed E-state index contributed by atoms with van der Waals surface area (Å²) in [6.07, 6.45) is 9.00. The van der Waals surface area contributed by atoms with Crippen molar-refractivity contribution in [3.8, 4) is 0 Å². The minimum Gasteiger partial charge on any atom is -0.381 e. The van der Waals surface area contributed by atoms with Crippen LogP contribution in [0, 0.1) is 11.7 Å². The van der Waals surface area contributed by atoms with E-state index in [4.69, 9.17) is 11.6 Å². The van der Waals surface area contributed by atoms with Gasteiger partial charge >= 0.3 is 0 Å². The predicted octanol–water partition coefficient (Wildman–Crippen LogP) is 5.99. The highest BCUT2D eigenvalue weighted by Crippen LogP contribution is 2.33. The molecule has 31 heavy (non-hydrogen) atoms. The maximum Gasteiger partial charge on any atom is 0.264 e. The standard InChI is InChI=1S/C16H18ClFN4S.C5H9F2N/c17-12-8-15(23-22-16-6-7-19-10-20-16)13(18)9-14(12)21-11-4-2-1-3-5-11;1-4-2-8-3-5(4,6)7/h6-11,21H,1-5H2,(H,19,20,22);4,8H,2-3H2,1H3. The summed E-state index contributed by atoms with van der Waals surface area (Å²) < 4.78 is 41.8. The highest BCUT2D eigenvalue weighted by molar-refractivity contribution is 8.00. The van der Waals surface area contributed by atoms with Crippen molar-refractivity contribution in [1.82, 2.24) is 15.3 Å². The van der Waals surface area contributed by atoms with Crippen LogP contribution in [0.1, 0.15) is 39.0 Å². The van der Waals surface area contributed by atoms with Crippen molar-refractivity contribution in [3.05, 3.63) is 41.6 Å². The van der Waals surface area contributed by atoms with Crippen LogP contribution in [0.3, 0.4) is 0 Å². The molecular weight excluding hydrogens is 447 g/mol. The van der Waals surface area contributed by atoms with Crippen molar-refractivity contribution in [1.29, 1.82) is 0 Å². The van der Waals surface area contributed by atoms with Gasteiger partial charge in [0.05, 0.1) is 22.2 Å². The molecule has 1 saturated carbocycles. The lowest BCUT2D eigenvalue weighted by molar-refractivity contribution is -0.0148. The van der Waals surface area contributed by atoms with E-state index in [-0.39, 0.29) is 12.4 Å². The van der Waals surface area contributed by atoms with Gasteiger partial charge in [-0.3, -0.25) is 0 Å². The van der Waals surface area contributed by atoms with Crippen molar-refractivity contribution in [3.63, 3.8) is 0 Å². The molecule has 0 amide bonds. The fourth-order valence-electron chi connectivity index (χ4n) is 3.42. The quantitative estimate of drug-likeness (QED) is 0.463. The summed E-state index contributed by atoms with van der Waals surface area (Å²) >= 11 is 7.45. The second-order valence-corrected chi connectivity index (χ2v) is 9.09. The number of aromatic nitrogens is 2. The Morgan fingerprint density at radius 2 is 2.00 bits per heavy atom. The van der Waals surface area contributed by atoms with Crippen molar-refractivity contribution in [2.45, 2.75) is 55.9 Å². The summed E-state index contributed by atoms with van der Waals surface area (Å²) in [4.78, 5) is 8.30. The first-order valence-electron chi connectivity index (χ1n) is 10.4. The zero-order chi connectivity index (χ0) is 22.3. The summed E-state index contributed by atoms with van der Waals surface area (Å²) in [6.45, 7) is 1.86. The molecule has 1 atom stereocenters. The first-order chi connectivity index (χ1) is 14.8. The van der Waals surface area contributed by atoms with E-state index in [0.717, 1.165) is 24.8 Å². The molecule has 0 bridgehead atoms. The zero-order valence-electron chi connectivity index (χ0n) is 17.3. The van der Waals surface area contributed by atoms with Gasteiger partial charge in [-0.05, 0) is 43.0 Å².